The van der Waals surface area contributed by atoms with Crippen LogP contribution in [0.15, 0.2) is 42.5 Å². The third kappa shape index (κ3) is 3.10. The summed E-state index contributed by atoms with van der Waals surface area (Å²) < 4.78 is 19.2. The molecule has 2 aromatic rings. The highest BCUT2D eigenvalue weighted by atomic mass is 79.9. The quantitative estimate of drug-likeness (QED) is 0.716. The van der Waals surface area contributed by atoms with Gasteiger partial charge in [-0.15, -0.1) is 0 Å². The molecule has 94 valence electrons. The molecule has 0 amide bonds. The molecule has 0 spiro atoms. The fraction of sp³-hybridized carbons (Fsp3) is 0.200. The smallest absolute Gasteiger partial charge is 0.166 e. The molecule has 0 aromatic heterocycles. The zero-order valence-corrected chi connectivity index (χ0v) is 11.7. The molecule has 0 N–H and O–H groups in total. The van der Waals surface area contributed by atoms with E-state index in [-0.39, 0.29) is 11.6 Å². The summed E-state index contributed by atoms with van der Waals surface area (Å²) in [6.45, 7) is 2.09. The highest BCUT2D eigenvalue weighted by molar-refractivity contribution is 9.08. The third-order valence-electron chi connectivity index (χ3n) is 2.71. The van der Waals surface area contributed by atoms with Crippen LogP contribution in [0.1, 0.15) is 18.1 Å². The Balaban J connectivity index is 2.17. The molecule has 2 aromatic carbocycles. The fourth-order valence-electron chi connectivity index (χ4n) is 1.63. The van der Waals surface area contributed by atoms with E-state index in [4.69, 9.17) is 4.74 Å². The molecule has 0 saturated carbocycles. The largest absolute Gasteiger partial charge is 0.454 e. The zero-order chi connectivity index (χ0) is 13.0. The van der Waals surface area contributed by atoms with Crippen LogP contribution in [0, 0.1) is 5.82 Å². The Morgan fingerprint density at radius 2 is 1.72 bits per heavy atom. The van der Waals surface area contributed by atoms with E-state index in [1.807, 2.05) is 30.3 Å². The molecule has 18 heavy (non-hydrogen) atoms. The van der Waals surface area contributed by atoms with Crippen molar-refractivity contribution < 1.29 is 9.13 Å². The number of halogens is 2. The second-order valence-corrected chi connectivity index (χ2v) is 4.56. The van der Waals surface area contributed by atoms with Crippen LogP contribution in [0.5, 0.6) is 11.5 Å². The second kappa shape index (κ2) is 6.01. The highest BCUT2D eigenvalue weighted by Gasteiger charge is 2.05. The molecule has 0 aliphatic heterocycles. The maximum absolute atomic E-state index is 13.7. The van der Waals surface area contributed by atoms with Crippen LogP contribution >= 0.6 is 15.9 Å². The molecule has 0 atom stereocenters. The van der Waals surface area contributed by atoms with Gasteiger partial charge >= 0.3 is 0 Å². The van der Waals surface area contributed by atoms with Gasteiger partial charge in [-0.1, -0.05) is 41.1 Å². The van der Waals surface area contributed by atoms with Crippen molar-refractivity contribution in [2.45, 2.75) is 18.7 Å². The minimum atomic E-state index is -0.341. The second-order valence-electron chi connectivity index (χ2n) is 4.00. The lowest BCUT2D eigenvalue weighted by molar-refractivity contribution is 0.442. The topological polar surface area (TPSA) is 9.23 Å². The monoisotopic (exact) mass is 308 g/mol. The minimum absolute atomic E-state index is 0.254. The molecule has 3 heteroatoms. The van der Waals surface area contributed by atoms with Crippen molar-refractivity contribution in [3.8, 4) is 11.5 Å². The van der Waals surface area contributed by atoms with Crippen molar-refractivity contribution in [3.63, 3.8) is 0 Å². The molecule has 0 aliphatic carbocycles. The van der Waals surface area contributed by atoms with Gasteiger partial charge in [-0.05, 0) is 41.8 Å². The van der Waals surface area contributed by atoms with Crippen LogP contribution in [-0.2, 0) is 11.8 Å². The summed E-state index contributed by atoms with van der Waals surface area (Å²) in [6, 6.07) is 12.7. The average Bonchev–Trinajstić information content (AvgIpc) is 2.42. The van der Waals surface area contributed by atoms with E-state index in [9.17, 15) is 4.39 Å². The summed E-state index contributed by atoms with van der Waals surface area (Å²) in [7, 11) is 0. The predicted octanol–water partition coefficient (Wildman–Crippen LogP) is 5.08. The van der Waals surface area contributed by atoms with E-state index in [1.165, 1.54) is 11.6 Å². The van der Waals surface area contributed by atoms with Crippen molar-refractivity contribution in [3.05, 3.63) is 59.4 Å². The van der Waals surface area contributed by atoms with Crippen LogP contribution in [0.4, 0.5) is 4.39 Å². The van der Waals surface area contributed by atoms with Gasteiger partial charge in [0.25, 0.3) is 0 Å². The molecule has 0 heterocycles. The summed E-state index contributed by atoms with van der Waals surface area (Å²) in [5.41, 5.74) is 2.12. The van der Waals surface area contributed by atoms with E-state index in [0.717, 1.165) is 12.0 Å². The first-order valence-electron chi connectivity index (χ1n) is 5.84. The van der Waals surface area contributed by atoms with Gasteiger partial charge in [-0.3, -0.25) is 0 Å². The Kier molecular flexibility index (Phi) is 4.37. The van der Waals surface area contributed by atoms with E-state index < -0.39 is 0 Å². The van der Waals surface area contributed by atoms with Crippen LogP contribution < -0.4 is 4.74 Å². The Hall–Kier alpha value is -1.35. The number of benzene rings is 2. The highest BCUT2D eigenvalue weighted by Crippen LogP contribution is 2.26. The maximum atomic E-state index is 13.7. The lowest BCUT2D eigenvalue weighted by Crippen LogP contribution is -1.90. The molecule has 2 rings (SSSR count). The summed E-state index contributed by atoms with van der Waals surface area (Å²) in [6.07, 6.45) is 0.981. The summed E-state index contributed by atoms with van der Waals surface area (Å²) in [5, 5.41) is 0.634. The van der Waals surface area contributed by atoms with Crippen molar-refractivity contribution in [1.82, 2.24) is 0 Å². The average molecular weight is 309 g/mol. The molecule has 0 bridgehead atoms. The molecular weight excluding hydrogens is 295 g/mol. The summed E-state index contributed by atoms with van der Waals surface area (Å²) >= 11 is 3.29. The number of hydrogen-bond acceptors (Lipinski definition) is 1. The van der Waals surface area contributed by atoms with Gasteiger partial charge in [0.15, 0.2) is 11.6 Å². The lowest BCUT2D eigenvalue weighted by Gasteiger charge is -2.08. The van der Waals surface area contributed by atoms with E-state index in [2.05, 4.69) is 22.9 Å². The van der Waals surface area contributed by atoms with Crippen molar-refractivity contribution in [2.75, 3.05) is 0 Å². The maximum Gasteiger partial charge on any atom is 0.166 e. The molecule has 0 saturated heterocycles. The van der Waals surface area contributed by atoms with Gasteiger partial charge < -0.3 is 4.74 Å². The first-order chi connectivity index (χ1) is 8.72. The molecule has 0 radical (unpaired) electrons. The minimum Gasteiger partial charge on any atom is -0.454 e. The van der Waals surface area contributed by atoms with Gasteiger partial charge in [-0.25, -0.2) is 4.39 Å². The number of rotatable bonds is 4. The van der Waals surface area contributed by atoms with Crippen molar-refractivity contribution in [1.29, 1.82) is 0 Å². The normalized spacial score (nSPS) is 10.4. The van der Waals surface area contributed by atoms with Gasteiger partial charge in [-0.2, -0.15) is 0 Å². The lowest BCUT2D eigenvalue weighted by atomic mass is 10.2. The first-order valence-corrected chi connectivity index (χ1v) is 6.96. The molecule has 0 aliphatic rings. The Morgan fingerprint density at radius 1 is 1.06 bits per heavy atom. The van der Waals surface area contributed by atoms with Gasteiger partial charge in [0.1, 0.15) is 5.75 Å². The third-order valence-corrected chi connectivity index (χ3v) is 3.36. The SMILES string of the molecule is CCc1ccc(Oc2ccc(CBr)cc2F)cc1. The number of alkyl halides is 1. The van der Waals surface area contributed by atoms with E-state index >= 15 is 0 Å². The van der Waals surface area contributed by atoms with Gasteiger partial charge in [0.2, 0.25) is 0 Å². The first kappa shape index (κ1) is 13.1. The van der Waals surface area contributed by atoms with Crippen LogP contribution in [0.2, 0.25) is 0 Å². The van der Waals surface area contributed by atoms with Gasteiger partial charge in [0.05, 0.1) is 0 Å². The van der Waals surface area contributed by atoms with E-state index in [1.54, 1.807) is 6.07 Å². The van der Waals surface area contributed by atoms with Crippen LogP contribution in [0.3, 0.4) is 0 Å². The Morgan fingerprint density at radius 3 is 2.28 bits per heavy atom. The van der Waals surface area contributed by atoms with Crippen molar-refractivity contribution in [2.24, 2.45) is 0 Å². The Labute approximate surface area is 115 Å². The summed E-state index contributed by atoms with van der Waals surface area (Å²) in [4.78, 5) is 0. The number of ether oxygens (including phenoxy) is 1. The number of aryl methyl sites for hydroxylation is 1. The van der Waals surface area contributed by atoms with Crippen LogP contribution in [-0.4, -0.2) is 0 Å². The number of hydrogen-bond donors (Lipinski definition) is 0. The summed E-state index contributed by atoms with van der Waals surface area (Å²) in [5.74, 6) is 0.563. The standard InChI is InChI=1S/C15H14BrFO/c1-2-11-3-6-13(7-4-11)18-15-8-5-12(10-16)9-14(15)17/h3-9H,2,10H2,1H3. The molecule has 0 unspecified atom stereocenters. The van der Waals surface area contributed by atoms with Crippen molar-refractivity contribution >= 4 is 15.9 Å². The molecule has 0 fully saturated rings. The van der Waals surface area contributed by atoms with Crippen LogP contribution in [0.25, 0.3) is 0 Å². The molecule has 1 nitrogen and oxygen atoms in total. The van der Waals surface area contributed by atoms with E-state index in [0.29, 0.717) is 11.1 Å². The molecular formula is C15H14BrFO. The fourth-order valence-corrected chi connectivity index (χ4v) is 1.98. The zero-order valence-electron chi connectivity index (χ0n) is 10.1. The van der Waals surface area contributed by atoms with Gasteiger partial charge in [0, 0.05) is 5.33 Å². The predicted molar refractivity (Wildman–Crippen MR) is 74.9 cm³/mol. The Bertz CT molecular complexity index is 523.